The molecule has 34 heavy (non-hydrogen) atoms. The number of hydrogen-bond donors (Lipinski definition) is 1. The molecule has 0 fully saturated rings. The van der Waals surface area contributed by atoms with Gasteiger partial charge in [-0.3, -0.25) is 14.8 Å². The monoisotopic (exact) mass is 450 g/mol. The number of nitrogens with zero attached hydrogens (tertiary/aromatic N) is 3. The molecule has 0 bridgehead atoms. The normalized spacial score (nSPS) is 11.9. The molecule has 0 aliphatic rings. The van der Waals surface area contributed by atoms with Crippen molar-refractivity contribution < 1.29 is 9.21 Å². The molecular weight excluding hydrogens is 428 g/mol. The van der Waals surface area contributed by atoms with Crippen LogP contribution in [0.5, 0.6) is 0 Å². The van der Waals surface area contributed by atoms with Crippen molar-refractivity contribution in [2.45, 2.75) is 19.9 Å². The van der Waals surface area contributed by atoms with Crippen molar-refractivity contribution in [2.75, 3.05) is 0 Å². The predicted octanol–water partition coefficient (Wildman–Crippen LogP) is 4.84. The van der Waals surface area contributed by atoms with E-state index in [2.05, 4.69) is 15.3 Å². The molecule has 0 saturated carbocycles. The topological polar surface area (TPSA) is 90.0 Å². The van der Waals surface area contributed by atoms with Gasteiger partial charge < -0.3 is 9.73 Å². The van der Waals surface area contributed by atoms with Crippen LogP contribution >= 0.6 is 0 Å². The van der Waals surface area contributed by atoms with E-state index in [4.69, 9.17) is 4.42 Å². The molecule has 1 atom stereocenters. The number of nitrogens with one attached hydrogen (secondary N) is 1. The number of oxazole rings is 1. The van der Waals surface area contributed by atoms with Gasteiger partial charge in [0.2, 0.25) is 0 Å². The number of hydrogen-bond acceptors (Lipinski definition) is 5. The summed E-state index contributed by atoms with van der Waals surface area (Å²) in [7, 11) is 0. The summed E-state index contributed by atoms with van der Waals surface area (Å²) in [5.74, 6) is -0.796. The Labute approximate surface area is 195 Å². The third kappa shape index (κ3) is 4.11. The highest BCUT2D eigenvalue weighted by molar-refractivity contribution is 5.96. The summed E-state index contributed by atoms with van der Waals surface area (Å²) in [6.45, 7) is 3.87. The highest BCUT2D eigenvalue weighted by Crippen LogP contribution is 2.27. The molecule has 1 amide bonds. The summed E-state index contributed by atoms with van der Waals surface area (Å²) < 4.78 is 6.91. The van der Waals surface area contributed by atoms with Crippen LogP contribution in [-0.2, 0) is 0 Å². The molecule has 0 spiro atoms. The van der Waals surface area contributed by atoms with E-state index in [-0.39, 0.29) is 11.9 Å². The Morgan fingerprint density at radius 3 is 2.56 bits per heavy atom. The molecule has 1 N–H and O–H groups in total. The van der Waals surface area contributed by atoms with Gasteiger partial charge in [-0.1, -0.05) is 42.0 Å². The third-order valence-electron chi connectivity index (χ3n) is 5.68. The van der Waals surface area contributed by atoms with Crippen molar-refractivity contribution in [3.63, 3.8) is 0 Å². The van der Waals surface area contributed by atoms with E-state index in [0.717, 1.165) is 16.7 Å². The van der Waals surface area contributed by atoms with E-state index in [1.165, 1.54) is 4.57 Å². The lowest BCUT2D eigenvalue weighted by Crippen LogP contribution is -2.27. The van der Waals surface area contributed by atoms with Gasteiger partial charge in [0.15, 0.2) is 5.58 Å². The van der Waals surface area contributed by atoms with E-state index >= 15 is 0 Å². The van der Waals surface area contributed by atoms with Crippen LogP contribution in [0.3, 0.4) is 0 Å². The lowest BCUT2D eigenvalue weighted by atomic mass is 10.00. The van der Waals surface area contributed by atoms with Crippen molar-refractivity contribution in [3.05, 3.63) is 113 Å². The number of amides is 1. The second-order valence-electron chi connectivity index (χ2n) is 8.13. The van der Waals surface area contributed by atoms with Gasteiger partial charge in [0, 0.05) is 18.0 Å². The zero-order valence-electron chi connectivity index (χ0n) is 18.7. The smallest absolute Gasteiger partial charge is 0.407 e. The van der Waals surface area contributed by atoms with Crippen molar-refractivity contribution >= 4 is 17.0 Å². The molecule has 3 aromatic carbocycles. The van der Waals surface area contributed by atoms with Gasteiger partial charge in [-0.05, 0) is 55.3 Å². The average molecular weight is 450 g/mol. The van der Waals surface area contributed by atoms with Crippen LogP contribution in [0.1, 0.15) is 34.6 Å². The maximum atomic E-state index is 13.3. The first-order chi connectivity index (χ1) is 16.5. The van der Waals surface area contributed by atoms with Gasteiger partial charge in [-0.2, -0.15) is 0 Å². The van der Waals surface area contributed by atoms with Gasteiger partial charge >= 0.3 is 5.76 Å². The Morgan fingerprint density at radius 1 is 1.00 bits per heavy atom. The SMILES string of the molecule is Cc1ccc(-c2cc(C(=O)NC(C)c3cnccn3)cc(-n3c(=O)oc4ccccc43)c2)cc1. The molecule has 168 valence electrons. The van der Waals surface area contributed by atoms with Gasteiger partial charge in [-0.25, -0.2) is 9.36 Å². The van der Waals surface area contributed by atoms with Crippen molar-refractivity contribution in [2.24, 2.45) is 0 Å². The van der Waals surface area contributed by atoms with E-state index in [0.29, 0.717) is 28.0 Å². The summed E-state index contributed by atoms with van der Waals surface area (Å²) in [5.41, 5.74) is 5.61. The molecular formula is C27H22N4O3. The van der Waals surface area contributed by atoms with Crippen LogP contribution in [0.4, 0.5) is 0 Å². The number of carbonyl (C=O) groups is 1. The molecule has 7 nitrogen and oxygen atoms in total. The number of fused-ring (bicyclic) bond motifs is 1. The molecule has 1 unspecified atom stereocenters. The van der Waals surface area contributed by atoms with Crippen LogP contribution in [0, 0.1) is 6.92 Å². The zero-order chi connectivity index (χ0) is 23.7. The minimum absolute atomic E-state index is 0.283. The highest BCUT2D eigenvalue weighted by Gasteiger charge is 2.18. The molecule has 0 aliphatic heterocycles. The first kappa shape index (κ1) is 21.3. The van der Waals surface area contributed by atoms with E-state index in [1.54, 1.807) is 30.7 Å². The Balaban J connectivity index is 1.62. The lowest BCUT2D eigenvalue weighted by Gasteiger charge is -2.15. The summed E-state index contributed by atoms with van der Waals surface area (Å²) in [5, 5.41) is 2.97. The Hall–Kier alpha value is -4.52. The van der Waals surface area contributed by atoms with Crippen LogP contribution in [0.15, 0.2) is 94.5 Å². The number of benzene rings is 3. The van der Waals surface area contributed by atoms with Crippen molar-refractivity contribution in [1.29, 1.82) is 0 Å². The fourth-order valence-electron chi connectivity index (χ4n) is 3.88. The van der Waals surface area contributed by atoms with Crippen molar-refractivity contribution in [3.8, 4) is 16.8 Å². The molecule has 5 aromatic rings. The Morgan fingerprint density at radius 2 is 1.79 bits per heavy atom. The third-order valence-corrected chi connectivity index (χ3v) is 5.68. The fourth-order valence-corrected chi connectivity index (χ4v) is 3.88. The fraction of sp³-hybridized carbons (Fsp3) is 0.111. The maximum absolute atomic E-state index is 13.3. The second-order valence-corrected chi connectivity index (χ2v) is 8.13. The average Bonchev–Trinajstić information content (AvgIpc) is 3.20. The van der Waals surface area contributed by atoms with Crippen LogP contribution in [0.25, 0.3) is 27.9 Å². The Kier molecular flexibility index (Phi) is 5.51. The number of carbonyl (C=O) groups excluding carboxylic acids is 1. The minimum Gasteiger partial charge on any atom is -0.407 e. The molecule has 0 saturated heterocycles. The first-order valence-corrected chi connectivity index (χ1v) is 10.9. The molecule has 2 aromatic heterocycles. The number of para-hydroxylation sites is 2. The van der Waals surface area contributed by atoms with Gasteiger partial charge in [-0.15, -0.1) is 0 Å². The number of aromatic nitrogens is 3. The quantitative estimate of drug-likeness (QED) is 0.414. The van der Waals surface area contributed by atoms with Gasteiger partial charge in [0.25, 0.3) is 5.91 Å². The van der Waals surface area contributed by atoms with Crippen LogP contribution in [-0.4, -0.2) is 20.4 Å². The standard InChI is InChI=1S/C27H22N4O3/c1-17-7-9-19(10-8-17)20-13-21(26(32)30-18(2)23-16-28-11-12-29-23)15-22(14-20)31-24-5-3-4-6-25(24)34-27(31)33/h3-16,18H,1-2H3,(H,30,32). The number of rotatable bonds is 5. The lowest BCUT2D eigenvalue weighted by molar-refractivity contribution is 0.0939. The van der Waals surface area contributed by atoms with Crippen LogP contribution in [0.2, 0.25) is 0 Å². The molecule has 2 heterocycles. The Bertz CT molecular complexity index is 1540. The maximum Gasteiger partial charge on any atom is 0.424 e. The summed E-state index contributed by atoms with van der Waals surface area (Å²) in [4.78, 5) is 34.4. The van der Waals surface area contributed by atoms with E-state index in [9.17, 15) is 9.59 Å². The van der Waals surface area contributed by atoms with Gasteiger partial charge in [0.05, 0.1) is 29.1 Å². The van der Waals surface area contributed by atoms with Crippen LogP contribution < -0.4 is 11.1 Å². The van der Waals surface area contributed by atoms with Gasteiger partial charge in [0.1, 0.15) is 0 Å². The molecule has 0 aliphatic carbocycles. The molecule has 7 heteroatoms. The van der Waals surface area contributed by atoms with Crippen molar-refractivity contribution in [1.82, 2.24) is 19.9 Å². The summed E-state index contributed by atoms with van der Waals surface area (Å²) in [6, 6.07) is 20.3. The number of aryl methyl sites for hydroxylation is 1. The largest absolute Gasteiger partial charge is 0.424 e. The zero-order valence-corrected chi connectivity index (χ0v) is 18.7. The summed E-state index contributed by atoms with van der Waals surface area (Å²) >= 11 is 0. The summed E-state index contributed by atoms with van der Waals surface area (Å²) in [6.07, 6.45) is 4.79. The first-order valence-electron chi connectivity index (χ1n) is 10.9. The second kappa shape index (κ2) is 8.78. The minimum atomic E-state index is -0.512. The highest BCUT2D eigenvalue weighted by atomic mass is 16.4. The molecule has 5 rings (SSSR count). The van der Waals surface area contributed by atoms with E-state index in [1.807, 2.05) is 68.4 Å². The predicted molar refractivity (Wildman–Crippen MR) is 130 cm³/mol. The molecule has 0 radical (unpaired) electrons. The van der Waals surface area contributed by atoms with E-state index < -0.39 is 5.76 Å².